The molecule has 0 aromatic heterocycles. The number of carbonyl (C=O) groups is 3. The first-order valence-corrected chi connectivity index (χ1v) is 10.1. The Bertz CT molecular complexity index is 982. The first-order valence-electron chi connectivity index (χ1n) is 10.1. The van der Waals surface area contributed by atoms with Gasteiger partial charge in [-0.3, -0.25) is 19.3 Å². The van der Waals surface area contributed by atoms with E-state index >= 15 is 0 Å². The van der Waals surface area contributed by atoms with E-state index in [1.54, 1.807) is 29.2 Å². The zero-order chi connectivity index (χ0) is 20.1. The molecular formula is C24H22N2O3. The zero-order valence-electron chi connectivity index (χ0n) is 16.2. The summed E-state index contributed by atoms with van der Waals surface area (Å²) in [6.45, 7) is 2.48. The van der Waals surface area contributed by atoms with E-state index in [4.69, 9.17) is 0 Å². The highest BCUT2D eigenvalue weighted by molar-refractivity contribution is 6.23. The summed E-state index contributed by atoms with van der Waals surface area (Å²) in [5.41, 5.74) is 1.92. The zero-order valence-corrected chi connectivity index (χ0v) is 16.2. The van der Waals surface area contributed by atoms with Gasteiger partial charge in [0.1, 0.15) is 0 Å². The van der Waals surface area contributed by atoms with E-state index in [0.717, 1.165) is 12.1 Å². The lowest BCUT2D eigenvalue weighted by Gasteiger charge is -2.22. The molecule has 0 spiro atoms. The molecule has 0 N–H and O–H groups in total. The van der Waals surface area contributed by atoms with Crippen LogP contribution >= 0.6 is 0 Å². The second-order valence-corrected chi connectivity index (χ2v) is 7.94. The summed E-state index contributed by atoms with van der Waals surface area (Å²) in [4.78, 5) is 41.9. The molecule has 5 rings (SSSR count). The lowest BCUT2D eigenvalue weighted by atomic mass is 9.85. The molecule has 2 fully saturated rings. The van der Waals surface area contributed by atoms with Gasteiger partial charge >= 0.3 is 0 Å². The number of amides is 3. The van der Waals surface area contributed by atoms with Crippen molar-refractivity contribution in [3.05, 3.63) is 72.3 Å². The summed E-state index contributed by atoms with van der Waals surface area (Å²) < 4.78 is 0. The first-order chi connectivity index (χ1) is 14.1. The number of para-hydroxylation sites is 1. The molecule has 1 saturated carbocycles. The molecule has 4 atom stereocenters. The van der Waals surface area contributed by atoms with Crippen LogP contribution in [0.15, 0.2) is 66.7 Å². The minimum absolute atomic E-state index is 0.101. The van der Waals surface area contributed by atoms with Crippen LogP contribution in [0.25, 0.3) is 0 Å². The quantitative estimate of drug-likeness (QED) is 0.595. The van der Waals surface area contributed by atoms with Gasteiger partial charge in [-0.2, -0.15) is 0 Å². The molecule has 5 nitrogen and oxygen atoms in total. The second kappa shape index (κ2) is 6.69. The van der Waals surface area contributed by atoms with Crippen LogP contribution in [-0.2, 0) is 9.59 Å². The fraction of sp³-hybridized carbons (Fsp3) is 0.292. The number of rotatable bonds is 4. The van der Waals surface area contributed by atoms with Crippen molar-refractivity contribution < 1.29 is 14.4 Å². The van der Waals surface area contributed by atoms with Crippen molar-refractivity contribution in [2.45, 2.75) is 13.3 Å². The number of nitrogens with zero attached hydrogens (tertiary/aromatic N) is 2. The van der Waals surface area contributed by atoms with Gasteiger partial charge in [-0.05, 0) is 61.6 Å². The molecule has 2 aromatic carbocycles. The number of imide groups is 1. The Morgan fingerprint density at radius 2 is 1.52 bits per heavy atom. The van der Waals surface area contributed by atoms with Crippen molar-refractivity contribution in [1.29, 1.82) is 0 Å². The minimum Gasteiger partial charge on any atom is -0.309 e. The molecule has 1 saturated heterocycles. The van der Waals surface area contributed by atoms with Crippen molar-refractivity contribution >= 4 is 29.1 Å². The van der Waals surface area contributed by atoms with Crippen molar-refractivity contribution in [3.8, 4) is 0 Å². The summed E-state index contributed by atoms with van der Waals surface area (Å²) in [5.74, 6) is -0.359. The lowest BCUT2D eigenvalue weighted by Crippen LogP contribution is -2.33. The fourth-order valence-electron chi connectivity index (χ4n) is 5.12. The highest BCUT2D eigenvalue weighted by Crippen LogP contribution is 2.53. The van der Waals surface area contributed by atoms with E-state index in [2.05, 4.69) is 12.2 Å². The Balaban J connectivity index is 1.39. The van der Waals surface area contributed by atoms with E-state index in [1.165, 1.54) is 4.90 Å². The second-order valence-electron chi connectivity index (χ2n) is 7.94. The third-order valence-corrected chi connectivity index (χ3v) is 6.47. The molecule has 146 valence electrons. The van der Waals surface area contributed by atoms with Crippen LogP contribution in [-0.4, -0.2) is 24.3 Å². The maximum atomic E-state index is 13.0. The van der Waals surface area contributed by atoms with E-state index in [9.17, 15) is 14.4 Å². The topological polar surface area (TPSA) is 57.7 Å². The van der Waals surface area contributed by atoms with Gasteiger partial charge in [-0.1, -0.05) is 30.4 Å². The number of fused-ring (bicyclic) bond motifs is 5. The molecule has 29 heavy (non-hydrogen) atoms. The lowest BCUT2D eigenvalue weighted by molar-refractivity contribution is -0.123. The van der Waals surface area contributed by atoms with Gasteiger partial charge in [0.05, 0.1) is 17.5 Å². The van der Waals surface area contributed by atoms with Crippen molar-refractivity contribution in [2.24, 2.45) is 23.7 Å². The van der Waals surface area contributed by atoms with Crippen molar-refractivity contribution in [1.82, 2.24) is 0 Å². The average molecular weight is 386 g/mol. The van der Waals surface area contributed by atoms with Gasteiger partial charge in [0.25, 0.3) is 5.91 Å². The maximum Gasteiger partial charge on any atom is 0.258 e. The average Bonchev–Trinajstić information content (AvgIpc) is 3.43. The smallest absolute Gasteiger partial charge is 0.258 e. The third-order valence-electron chi connectivity index (χ3n) is 6.47. The highest BCUT2D eigenvalue weighted by Gasteiger charge is 2.59. The van der Waals surface area contributed by atoms with Crippen LogP contribution in [0.3, 0.4) is 0 Å². The molecule has 4 unspecified atom stereocenters. The molecule has 2 aromatic rings. The number of hydrogen-bond acceptors (Lipinski definition) is 3. The summed E-state index contributed by atoms with van der Waals surface area (Å²) >= 11 is 0. The number of hydrogen-bond donors (Lipinski definition) is 0. The molecule has 1 aliphatic heterocycles. The SMILES string of the molecule is CCN(C(=O)c1ccc(N2C(=O)C3C4C=CC(C4)C3C2=O)cc1)c1ccccc1. The molecular weight excluding hydrogens is 364 g/mol. The summed E-state index contributed by atoms with van der Waals surface area (Å²) in [5, 5.41) is 0. The Morgan fingerprint density at radius 1 is 0.931 bits per heavy atom. The molecule has 5 heteroatoms. The van der Waals surface area contributed by atoms with Gasteiger partial charge in [0, 0.05) is 17.8 Å². The molecule has 0 radical (unpaired) electrons. The van der Waals surface area contributed by atoms with Crippen LogP contribution in [0, 0.1) is 23.7 Å². The molecule has 3 amide bonds. The van der Waals surface area contributed by atoms with E-state index in [-0.39, 0.29) is 41.4 Å². The van der Waals surface area contributed by atoms with Gasteiger partial charge < -0.3 is 4.90 Å². The molecule has 1 heterocycles. The van der Waals surface area contributed by atoms with Crippen LogP contribution in [0.5, 0.6) is 0 Å². The van der Waals surface area contributed by atoms with E-state index < -0.39 is 0 Å². The van der Waals surface area contributed by atoms with Gasteiger partial charge in [0.2, 0.25) is 11.8 Å². The van der Waals surface area contributed by atoms with E-state index in [1.807, 2.05) is 37.3 Å². The summed E-state index contributed by atoms with van der Waals surface area (Å²) in [7, 11) is 0. The number of anilines is 2. The minimum atomic E-state index is -0.215. The molecule has 2 bridgehead atoms. The Kier molecular flexibility index (Phi) is 4.12. The Labute approximate surface area is 169 Å². The predicted molar refractivity (Wildman–Crippen MR) is 110 cm³/mol. The van der Waals surface area contributed by atoms with Crippen LogP contribution in [0.1, 0.15) is 23.7 Å². The Morgan fingerprint density at radius 3 is 2.07 bits per heavy atom. The van der Waals surface area contributed by atoms with Gasteiger partial charge in [0.15, 0.2) is 0 Å². The van der Waals surface area contributed by atoms with Gasteiger partial charge in [-0.15, -0.1) is 0 Å². The molecule has 2 aliphatic carbocycles. The first kappa shape index (κ1) is 17.9. The van der Waals surface area contributed by atoms with Crippen molar-refractivity contribution in [3.63, 3.8) is 0 Å². The molecule has 3 aliphatic rings. The highest BCUT2D eigenvalue weighted by atomic mass is 16.2. The summed E-state index contributed by atoms with van der Waals surface area (Å²) in [6.07, 6.45) is 5.09. The summed E-state index contributed by atoms with van der Waals surface area (Å²) in [6, 6.07) is 16.3. The largest absolute Gasteiger partial charge is 0.309 e. The fourth-order valence-corrected chi connectivity index (χ4v) is 5.12. The standard InChI is InChI=1S/C24H22N2O3/c1-2-25(18-6-4-3-5-7-18)22(27)15-10-12-19(13-11-15)26-23(28)20-16-8-9-17(14-16)21(20)24(26)29/h3-13,16-17,20-21H,2,14H2,1H3. The number of allylic oxidation sites excluding steroid dienone is 2. The van der Waals surface area contributed by atoms with Crippen LogP contribution in [0.2, 0.25) is 0 Å². The normalized spacial score (nSPS) is 26.9. The Hall–Kier alpha value is -3.21. The monoisotopic (exact) mass is 386 g/mol. The van der Waals surface area contributed by atoms with E-state index in [0.29, 0.717) is 17.8 Å². The number of carbonyl (C=O) groups excluding carboxylic acids is 3. The maximum absolute atomic E-state index is 13.0. The van der Waals surface area contributed by atoms with Crippen molar-refractivity contribution in [2.75, 3.05) is 16.3 Å². The van der Waals surface area contributed by atoms with Crippen LogP contribution in [0.4, 0.5) is 11.4 Å². The number of benzene rings is 2. The predicted octanol–water partition coefficient (Wildman–Crippen LogP) is 3.66. The third kappa shape index (κ3) is 2.64. The van der Waals surface area contributed by atoms with Gasteiger partial charge in [-0.25, -0.2) is 0 Å². The van der Waals surface area contributed by atoms with Crippen LogP contribution < -0.4 is 9.80 Å².